The predicted molar refractivity (Wildman–Crippen MR) is 55.6 cm³/mol. The van der Waals surface area contributed by atoms with E-state index >= 15 is 0 Å². The van der Waals surface area contributed by atoms with Gasteiger partial charge in [0.05, 0.1) is 0 Å². The second-order valence-electron chi connectivity index (χ2n) is 3.97. The van der Waals surface area contributed by atoms with E-state index < -0.39 is 0 Å². The van der Waals surface area contributed by atoms with E-state index in [1.54, 1.807) is 6.08 Å². The summed E-state index contributed by atoms with van der Waals surface area (Å²) in [5.41, 5.74) is 0. The van der Waals surface area contributed by atoms with Crippen molar-refractivity contribution in [2.45, 2.75) is 51.9 Å². The van der Waals surface area contributed by atoms with Crippen molar-refractivity contribution in [3.63, 3.8) is 0 Å². The Hall–Kier alpha value is -0.590. The van der Waals surface area contributed by atoms with E-state index in [1.165, 1.54) is 32.1 Å². The van der Waals surface area contributed by atoms with Crippen molar-refractivity contribution in [2.75, 3.05) is 0 Å². The number of ketones is 1. The first-order valence-electron chi connectivity index (χ1n) is 5.54. The Labute approximate surface area is 81.2 Å². The van der Waals surface area contributed by atoms with Crippen molar-refractivity contribution in [1.29, 1.82) is 0 Å². The minimum Gasteiger partial charge on any atom is -0.295 e. The third-order valence-electron chi connectivity index (χ3n) is 2.45. The molecule has 0 radical (unpaired) electrons. The van der Waals surface area contributed by atoms with Gasteiger partial charge >= 0.3 is 0 Å². The lowest BCUT2D eigenvalue weighted by Gasteiger charge is -1.95. The molecule has 0 saturated heterocycles. The zero-order valence-electron chi connectivity index (χ0n) is 8.59. The molecule has 1 nitrogen and oxygen atoms in total. The molecule has 1 rings (SSSR count). The molecular weight excluding hydrogens is 160 g/mol. The number of allylic oxidation sites excluding steroid dienone is 2. The van der Waals surface area contributed by atoms with Crippen LogP contribution in [0.4, 0.5) is 0 Å². The summed E-state index contributed by atoms with van der Waals surface area (Å²) >= 11 is 0. The quantitative estimate of drug-likeness (QED) is 0.433. The summed E-state index contributed by atoms with van der Waals surface area (Å²) in [6, 6.07) is 0. The fourth-order valence-electron chi connectivity index (χ4n) is 1.34. The Morgan fingerprint density at radius 1 is 1.31 bits per heavy atom. The van der Waals surface area contributed by atoms with Gasteiger partial charge in [-0.15, -0.1) is 0 Å². The minimum atomic E-state index is 0.322. The number of rotatable bonds is 7. The van der Waals surface area contributed by atoms with Gasteiger partial charge in [-0.1, -0.05) is 32.3 Å². The molecule has 1 aliphatic carbocycles. The molecule has 74 valence electrons. The SMILES string of the molecule is CCCCCCC(=O)/C=C\C1CC1. The summed E-state index contributed by atoms with van der Waals surface area (Å²) in [6.45, 7) is 2.19. The lowest BCUT2D eigenvalue weighted by molar-refractivity contribution is -0.114. The molecule has 0 aliphatic heterocycles. The van der Waals surface area contributed by atoms with Crippen LogP contribution in [0.15, 0.2) is 12.2 Å². The molecule has 1 heteroatoms. The van der Waals surface area contributed by atoms with Crippen LogP contribution in [0.3, 0.4) is 0 Å². The van der Waals surface area contributed by atoms with E-state index in [0.717, 1.165) is 18.8 Å². The molecular formula is C12H20O. The van der Waals surface area contributed by atoms with Gasteiger partial charge in [0.2, 0.25) is 0 Å². The third-order valence-corrected chi connectivity index (χ3v) is 2.45. The number of carbonyl (C=O) groups is 1. The maximum atomic E-state index is 11.3. The fourth-order valence-corrected chi connectivity index (χ4v) is 1.34. The molecule has 0 N–H and O–H groups in total. The van der Waals surface area contributed by atoms with Crippen molar-refractivity contribution < 1.29 is 4.79 Å². The minimum absolute atomic E-state index is 0.322. The molecule has 0 bridgehead atoms. The van der Waals surface area contributed by atoms with E-state index in [4.69, 9.17) is 0 Å². The van der Waals surface area contributed by atoms with E-state index in [2.05, 4.69) is 13.0 Å². The van der Waals surface area contributed by atoms with E-state index in [0.29, 0.717) is 5.78 Å². The van der Waals surface area contributed by atoms with Crippen molar-refractivity contribution in [3.8, 4) is 0 Å². The lowest BCUT2D eigenvalue weighted by atomic mass is 10.1. The van der Waals surface area contributed by atoms with Crippen LogP contribution in [0.2, 0.25) is 0 Å². The van der Waals surface area contributed by atoms with Gasteiger partial charge in [0.15, 0.2) is 5.78 Å². The van der Waals surface area contributed by atoms with Crippen LogP contribution in [0.5, 0.6) is 0 Å². The molecule has 0 spiro atoms. The van der Waals surface area contributed by atoms with Gasteiger partial charge in [-0.05, 0) is 31.3 Å². The molecule has 0 amide bonds. The Morgan fingerprint density at radius 2 is 2.08 bits per heavy atom. The highest BCUT2D eigenvalue weighted by molar-refractivity contribution is 5.89. The van der Waals surface area contributed by atoms with E-state index in [-0.39, 0.29) is 0 Å². The predicted octanol–water partition coefficient (Wildman–Crippen LogP) is 3.49. The summed E-state index contributed by atoms with van der Waals surface area (Å²) in [7, 11) is 0. The Bertz CT molecular complexity index is 178. The van der Waals surface area contributed by atoms with Crippen molar-refractivity contribution >= 4 is 5.78 Å². The lowest BCUT2D eigenvalue weighted by Crippen LogP contribution is -1.92. The molecule has 0 unspecified atom stereocenters. The van der Waals surface area contributed by atoms with Crippen molar-refractivity contribution in [2.24, 2.45) is 5.92 Å². The zero-order valence-corrected chi connectivity index (χ0v) is 8.59. The van der Waals surface area contributed by atoms with Crippen LogP contribution in [-0.2, 0) is 4.79 Å². The van der Waals surface area contributed by atoms with Gasteiger partial charge in [0.1, 0.15) is 0 Å². The third kappa shape index (κ3) is 5.62. The second kappa shape index (κ2) is 5.95. The molecule has 0 aromatic rings. The summed E-state index contributed by atoms with van der Waals surface area (Å²) in [5.74, 6) is 1.06. The average molecular weight is 180 g/mol. The molecule has 1 saturated carbocycles. The summed E-state index contributed by atoms with van der Waals surface area (Å²) < 4.78 is 0. The highest BCUT2D eigenvalue weighted by atomic mass is 16.1. The second-order valence-corrected chi connectivity index (χ2v) is 3.97. The number of unbranched alkanes of at least 4 members (excludes halogenated alkanes) is 3. The van der Waals surface area contributed by atoms with Gasteiger partial charge < -0.3 is 0 Å². The van der Waals surface area contributed by atoms with Crippen LogP contribution in [0.1, 0.15) is 51.9 Å². The van der Waals surface area contributed by atoms with Crippen molar-refractivity contribution in [1.82, 2.24) is 0 Å². The highest BCUT2D eigenvalue weighted by Crippen LogP contribution is 2.30. The average Bonchev–Trinajstić information content (AvgIpc) is 2.92. The first-order valence-corrected chi connectivity index (χ1v) is 5.54. The smallest absolute Gasteiger partial charge is 0.155 e. The molecule has 1 aliphatic rings. The topological polar surface area (TPSA) is 17.1 Å². The van der Waals surface area contributed by atoms with Gasteiger partial charge in [0.25, 0.3) is 0 Å². The summed E-state index contributed by atoms with van der Waals surface area (Å²) in [5, 5.41) is 0. The van der Waals surface area contributed by atoms with Gasteiger partial charge in [-0.2, -0.15) is 0 Å². The van der Waals surface area contributed by atoms with E-state index in [1.807, 2.05) is 0 Å². The van der Waals surface area contributed by atoms with Crippen LogP contribution >= 0.6 is 0 Å². The monoisotopic (exact) mass is 180 g/mol. The molecule has 0 aromatic carbocycles. The van der Waals surface area contributed by atoms with Crippen LogP contribution in [0, 0.1) is 5.92 Å². The molecule has 1 fully saturated rings. The molecule has 0 heterocycles. The Balaban J connectivity index is 1.96. The largest absolute Gasteiger partial charge is 0.295 e. The normalized spacial score (nSPS) is 16.7. The number of carbonyl (C=O) groups excluding carboxylic acids is 1. The summed E-state index contributed by atoms with van der Waals surface area (Å²) in [4.78, 5) is 11.3. The molecule has 0 atom stereocenters. The van der Waals surface area contributed by atoms with Gasteiger partial charge in [0, 0.05) is 6.42 Å². The van der Waals surface area contributed by atoms with Crippen LogP contribution in [0.25, 0.3) is 0 Å². The van der Waals surface area contributed by atoms with Gasteiger partial charge in [-0.3, -0.25) is 4.79 Å². The molecule has 0 aromatic heterocycles. The van der Waals surface area contributed by atoms with Crippen LogP contribution in [-0.4, -0.2) is 5.78 Å². The standard InChI is InChI=1S/C12H20O/c1-2-3-4-5-6-12(13)10-9-11-7-8-11/h9-11H,2-8H2,1H3/b10-9-. The first kappa shape index (κ1) is 10.5. The highest BCUT2D eigenvalue weighted by Gasteiger charge is 2.17. The number of hydrogen-bond donors (Lipinski definition) is 0. The summed E-state index contributed by atoms with van der Waals surface area (Å²) in [6.07, 6.45) is 12.0. The van der Waals surface area contributed by atoms with Crippen molar-refractivity contribution in [3.05, 3.63) is 12.2 Å². The van der Waals surface area contributed by atoms with E-state index in [9.17, 15) is 4.79 Å². The fraction of sp³-hybridized carbons (Fsp3) is 0.750. The molecule has 13 heavy (non-hydrogen) atoms. The van der Waals surface area contributed by atoms with Crippen LogP contribution < -0.4 is 0 Å². The Kier molecular flexibility index (Phi) is 4.81. The Morgan fingerprint density at radius 3 is 2.69 bits per heavy atom. The van der Waals surface area contributed by atoms with Gasteiger partial charge in [-0.25, -0.2) is 0 Å². The maximum absolute atomic E-state index is 11.3. The zero-order chi connectivity index (χ0) is 9.52. The number of hydrogen-bond acceptors (Lipinski definition) is 1. The first-order chi connectivity index (χ1) is 6.33. The maximum Gasteiger partial charge on any atom is 0.155 e.